The van der Waals surface area contributed by atoms with Crippen molar-refractivity contribution in [1.82, 2.24) is 9.88 Å². The quantitative estimate of drug-likeness (QED) is 0.588. The fourth-order valence-corrected chi connectivity index (χ4v) is 2.87. The highest BCUT2D eigenvalue weighted by Crippen LogP contribution is 2.24. The molecule has 0 aliphatic rings. The summed E-state index contributed by atoms with van der Waals surface area (Å²) in [4.78, 5) is 18.7. The third-order valence-electron chi connectivity index (χ3n) is 3.83. The van der Waals surface area contributed by atoms with Crippen LogP contribution in [0.5, 0.6) is 0 Å². The largest absolute Gasteiger partial charge is 0.328 e. The van der Waals surface area contributed by atoms with Gasteiger partial charge in [-0.3, -0.25) is 9.78 Å². The van der Waals surface area contributed by atoms with Gasteiger partial charge in [0, 0.05) is 12.7 Å². The molecule has 0 saturated carbocycles. The summed E-state index contributed by atoms with van der Waals surface area (Å²) in [5, 5.41) is 0.840. The van der Waals surface area contributed by atoms with E-state index in [9.17, 15) is 9.18 Å². The number of carbonyl (C=O) groups excluding carboxylic acids is 1. The van der Waals surface area contributed by atoms with Crippen LogP contribution in [0.1, 0.15) is 21.6 Å². The molecule has 0 spiro atoms. The Bertz CT molecular complexity index is 919. The minimum Gasteiger partial charge on any atom is -0.328 e. The van der Waals surface area contributed by atoms with Crippen molar-refractivity contribution in [3.8, 4) is 0 Å². The highest BCUT2D eigenvalue weighted by atomic mass is 35.5. The molecule has 1 amide bonds. The van der Waals surface area contributed by atoms with E-state index in [0.29, 0.717) is 15.7 Å². The number of hydrogen-bond acceptors (Lipinski definition) is 2. The van der Waals surface area contributed by atoms with Crippen LogP contribution < -0.4 is 0 Å². The maximum Gasteiger partial charge on any atom is 0.257 e. The molecule has 26 heavy (non-hydrogen) atoms. The maximum atomic E-state index is 14.1. The zero-order valence-corrected chi connectivity index (χ0v) is 15.2. The number of hydrogen-bond donors (Lipinski definition) is 0. The van der Waals surface area contributed by atoms with E-state index in [2.05, 4.69) is 4.98 Å². The number of pyridine rings is 1. The van der Waals surface area contributed by atoms with E-state index in [1.165, 1.54) is 17.0 Å². The SMILES string of the molecule is O=C(c1ccccc1F)N(Cc1ccc(Cl)c(Cl)c1)Cc1ccccn1. The van der Waals surface area contributed by atoms with Crippen molar-refractivity contribution in [2.45, 2.75) is 13.1 Å². The summed E-state index contributed by atoms with van der Waals surface area (Å²) in [6.07, 6.45) is 1.65. The van der Waals surface area contributed by atoms with Gasteiger partial charge in [0.05, 0.1) is 27.8 Å². The third kappa shape index (κ3) is 4.40. The molecule has 0 bridgehead atoms. The van der Waals surface area contributed by atoms with Gasteiger partial charge >= 0.3 is 0 Å². The molecule has 0 N–H and O–H groups in total. The molecule has 0 saturated heterocycles. The minimum absolute atomic E-state index is 0.0171. The molecule has 0 unspecified atom stereocenters. The summed E-state index contributed by atoms with van der Waals surface area (Å²) in [5.41, 5.74) is 1.51. The Hall–Kier alpha value is -2.43. The predicted molar refractivity (Wildman–Crippen MR) is 101 cm³/mol. The number of rotatable bonds is 5. The van der Waals surface area contributed by atoms with Crippen LogP contribution >= 0.6 is 23.2 Å². The molecule has 0 aliphatic heterocycles. The van der Waals surface area contributed by atoms with Gasteiger partial charge < -0.3 is 4.90 Å². The molecule has 3 aromatic rings. The first kappa shape index (κ1) is 18.4. The first-order chi connectivity index (χ1) is 12.5. The molecule has 0 radical (unpaired) electrons. The Morgan fingerprint density at radius 1 is 0.962 bits per heavy atom. The lowest BCUT2D eigenvalue weighted by molar-refractivity contribution is 0.0723. The molecule has 1 aromatic heterocycles. The van der Waals surface area contributed by atoms with Crippen LogP contribution in [-0.4, -0.2) is 15.8 Å². The van der Waals surface area contributed by atoms with Crippen LogP contribution in [0, 0.1) is 5.82 Å². The predicted octanol–water partition coefficient (Wildman–Crippen LogP) is 5.37. The molecular weight excluding hydrogens is 374 g/mol. The van der Waals surface area contributed by atoms with E-state index in [1.54, 1.807) is 42.6 Å². The van der Waals surface area contributed by atoms with E-state index in [4.69, 9.17) is 23.2 Å². The fourth-order valence-electron chi connectivity index (χ4n) is 2.55. The van der Waals surface area contributed by atoms with Gasteiger partial charge in [0.1, 0.15) is 5.82 Å². The lowest BCUT2D eigenvalue weighted by Gasteiger charge is -2.23. The Kier molecular flexibility index (Phi) is 5.86. The molecular formula is C20H15Cl2FN2O. The summed E-state index contributed by atoms with van der Waals surface area (Å²) in [6, 6.07) is 16.5. The monoisotopic (exact) mass is 388 g/mol. The molecule has 0 aliphatic carbocycles. The van der Waals surface area contributed by atoms with Crippen molar-refractivity contribution < 1.29 is 9.18 Å². The van der Waals surface area contributed by atoms with E-state index in [0.717, 1.165) is 5.56 Å². The lowest BCUT2D eigenvalue weighted by Crippen LogP contribution is -2.31. The second-order valence-electron chi connectivity index (χ2n) is 5.71. The number of amides is 1. The van der Waals surface area contributed by atoms with Crippen molar-refractivity contribution in [3.05, 3.63) is 99.5 Å². The number of carbonyl (C=O) groups is 1. The highest BCUT2D eigenvalue weighted by Gasteiger charge is 2.20. The first-order valence-electron chi connectivity index (χ1n) is 7.92. The van der Waals surface area contributed by atoms with Gasteiger partial charge in [-0.1, -0.05) is 47.5 Å². The van der Waals surface area contributed by atoms with Gasteiger partial charge in [-0.15, -0.1) is 0 Å². The fraction of sp³-hybridized carbons (Fsp3) is 0.100. The number of halogens is 3. The van der Waals surface area contributed by atoms with Crippen molar-refractivity contribution >= 4 is 29.1 Å². The summed E-state index contributed by atoms with van der Waals surface area (Å²) in [6.45, 7) is 0.495. The van der Waals surface area contributed by atoms with Crippen LogP contribution in [0.2, 0.25) is 10.0 Å². The number of nitrogens with zero attached hydrogens (tertiary/aromatic N) is 2. The zero-order chi connectivity index (χ0) is 18.5. The molecule has 132 valence electrons. The van der Waals surface area contributed by atoms with E-state index in [1.807, 2.05) is 12.1 Å². The topological polar surface area (TPSA) is 33.2 Å². The Labute approximate surface area is 161 Å². The summed E-state index contributed by atoms with van der Waals surface area (Å²) in [7, 11) is 0. The Morgan fingerprint density at radius 2 is 1.73 bits per heavy atom. The van der Waals surface area contributed by atoms with E-state index < -0.39 is 11.7 Å². The maximum absolute atomic E-state index is 14.1. The average molecular weight is 389 g/mol. The third-order valence-corrected chi connectivity index (χ3v) is 4.57. The van der Waals surface area contributed by atoms with Crippen molar-refractivity contribution in [2.75, 3.05) is 0 Å². The summed E-state index contributed by atoms with van der Waals surface area (Å²) in [5.74, 6) is -0.975. The summed E-state index contributed by atoms with van der Waals surface area (Å²) < 4.78 is 14.1. The number of aromatic nitrogens is 1. The number of benzene rings is 2. The van der Waals surface area contributed by atoms with E-state index in [-0.39, 0.29) is 18.7 Å². The van der Waals surface area contributed by atoms with Crippen LogP contribution in [0.3, 0.4) is 0 Å². The highest BCUT2D eigenvalue weighted by molar-refractivity contribution is 6.42. The van der Waals surface area contributed by atoms with Crippen molar-refractivity contribution in [2.24, 2.45) is 0 Å². The summed E-state index contributed by atoms with van der Waals surface area (Å²) >= 11 is 12.0. The van der Waals surface area contributed by atoms with Gasteiger partial charge in [0.25, 0.3) is 5.91 Å². The normalized spacial score (nSPS) is 10.6. The van der Waals surface area contributed by atoms with Crippen LogP contribution in [0.15, 0.2) is 66.9 Å². The molecule has 1 heterocycles. The molecule has 0 atom stereocenters. The minimum atomic E-state index is -0.558. The molecule has 2 aromatic carbocycles. The van der Waals surface area contributed by atoms with Gasteiger partial charge in [0.2, 0.25) is 0 Å². The molecule has 6 heteroatoms. The Balaban J connectivity index is 1.91. The second kappa shape index (κ2) is 8.30. The molecule has 0 fully saturated rings. The van der Waals surface area contributed by atoms with Gasteiger partial charge in [-0.05, 0) is 42.0 Å². The smallest absolute Gasteiger partial charge is 0.257 e. The van der Waals surface area contributed by atoms with Gasteiger partial charge in [0.15, 0.2) is 0 Å². The van der Waals surface area contributed by atoms with E-state index >= 15 is 0 Å². The Morgan fingerprint density at radius 3 is 2.42 bits per heavy atom. The van der Waals surface area contributed by atoms with Crippen LogP contribution in [0.4, 0.5) is 4.39 Å². The first-order valence-corrected chi connectivity index (χ1v) is 8.68. The van der Waals surface area contributed by atoms with Gasteiger partial charge in [-0.2, -0.15) is 0 Å². The average Bonchev–Trinajstić information content (AvgIpc) is 2.65. The van der Waals surface area contributed by atoms with Crippen molar-refractivity contribution in [3.63, 3.8) is 0 Å². The van der Waals surface area contributed by atoms with Crippen LogP contribution in [-0.2, 0) is 13.1 Å². The standard InChI is InChI=1S/C20H15Cl2FN2O/c21-17-9-8-14(11-18(17)22)12-25(13-15-5-3-4-10-24-15)20(26)16-6-1-2-7-19(16)23/h1-11H,12-13H2. The zero-order valence-electron chi connectivity index (χ0n) is 13.7. The van der Waals surface area contributed by atoms with Gasteiger partial charge in [-0.25, -0.2) is 4.39 Å². The van der Waals surface area contributed by atoms with Crippen LogP contribution in [0.25, 0.3) is 0 Å². The van der Waals surface area contributed by atoms with Crippen molar-refractivity contribution in [1.29, 1.82) is 0 Å². The second-order valence-corrected chi connectivity index (χ2v) is 6.52. The molecule has 3 rings (SSSR count). The lowest BCUT2D eigenvalue weighted by atomic mass is 10.1. The molecule has 3 nitrogen and oxygen atoms in total.